The third kappa shape index (κ3) is 1.69. The number of pyridine rings is 1. The Kier molecular flexibility index (Phi) is 2.25. The van der Waals surface area contributed by atoms with Crippen LogP contribution in [0.3, 0.4) is 0 Å². The van der Waals surface area contributed by atoms with Crippen molar-refractivity contribution in [2.75, 3.05) is 0 Å². The molecule has 3 nitrogen and oxygen atoms in total. The largest absolute Gasteiger partial charge is 0.441 e. The summed E-state index contributed by atoms with van der Waals surface area (Å²) in [4.78, 5) is 8.31. The van der Waals surface area contributed by atoms with Crippen molar-refractivity contribution in [1.82, 2.24) is 9.97 Å². The molecule has 0 saturated carbocycles. The molecule has 0 spiro atoms. The van der Waals surface area contributed by atoms with Crippen LogP contribution in [0.1, 0.15) is 25.7 Å². The van der Waals surface area contributed by atoms with Gasteiger partial charge >= 0.3 is 0 Å². The van der Waals surface area contributed by atoms with Crippen LogP contribution in [-0.2, 0) is 6.42 Å². The maximum atomic E-state index is 5.52. The van der Waals surface area contributed by atoms with Gasteiger partial charge in [0.15, 0.2) is 11.5 Å². The van der Waals surface area contributed by atoms with Crippen molar-refractivity contribution in [3.05, 3.63) is 24.4 Å². The van der Waals surface area contributed by atoms with Gasteiger partial charge in [0.05, 0.1) is 6.20 Å². The Hall–Kier alpha value is -1.38. The van der Waals surface area contributed by atoms with Gasteiger partial charge in [0.1, 0.15) is 5.52 Å². The first-order chi connectivity index (χ1) is 6.40. The number of rotatable bonds is 3. The van der Waals surface area contributed by atoms with Crippen LogP contribution >= 0.6 is 0 Å². The number of aryl methyl sites for hydroxylation is 1. The van der Waals surface area contributed by atoms with Gasteiger partial charge in [0.2, 0.25) is 0 Å². The van der Waals surface area contributed by atoms with Gasteiger partial charge in [-0.15, -0.1) is 0 Å². The van der Waals surface area contributed by atoms with Crippen molar-refractivity contribution in [3.8, 4) is 0 Å². The summed E-state index contributed by atoms with van der Waals surface area (Å²) in [5.74, 6) is 0.824. The zero-order chi connectivity index (χ0) is 9.10. The molecule has 0 aliphatic carbocycles. The van der Waals surface area contributed by atoms with E-state index >= 15 is 0 Å². The molecule has 0 N–H and O–H groups in total. The van der Waals surface area contributed by atoms with Crippen molar-refractivity contribution < 1.29 is 4.42 Å². The molecule has 0 amide bonds. The van der Waals surface area contributed by atoms with E-state index in [4.69, 9.17) is 4.42 Å². The average Bonchev–Trinajstić information content (AvgIpc) is 2.57. The van der Waals surface area contributed by atoms with Gasteiger partial charge in [-0.2, -0.15) is 0 Å². The van der Waals surface area contributed by atoms with Crippen LogP contribution in [0.15, 0.2) is 22.9 Å². The van der Waals surface area contributed by atoms with Crippen LogP contribution in [0.4, 0.5) is 0 Å². The maximum absolute atomic E-state index is 5.52. The van der Waals surface area contributed by atoms with E-state index in [0.29, 0.717) is 0 Å². The van der Waals surface area contributed by atoms with Gasteiger partial charge in [-0.1, -0.05) is 13.3 Å². The van der Waals surface area contributed by atoms with Gasteiger partial charge in [-0.05, 0) is 6.42 Å². The highest BCUT2D eigenvalue weighted by Gasteiger charge is 2.03. The Morgan fingerprint density at radius 1 is 1.46 bits per heavy atom. The summed E-state index contributed by atoms with van der Waals surface area (Å²) in [5, 5.41) is 0. The first-order valence-corrected chi connectivity index (χ1v) is 4.59. The van der Waals surface area contributed by atoms with Gasteiger partial charge in [-0.3, -0.25) is 4.98 Å². The highest BCUT2D eigenvalue weighted by Crippen LogP contribution is 2.14. The maximum Gasteiger partial charge on any atom is 0.195 e. The summed E-state index contributed by atoms with van der Waals surface area (Å²) in [7, 11) is 0. The highest BCUT2D eigenvalue weighted by atomic mass is 16.3. The Balaban J connectivity index is 2.28. The predicted molar refractivity (Wildman–Crippen MR) is 50.4 cm³/mol. The monoisotopic (exact) mass is 176 g/mol. The number of hydrogen-bond acceptors (Lipinski definition) is 3. The van der Waals surface area contributed by atoms with Crippen LogP contribution in [0.2, 0.25) is 0 Å². The second-order valence-electron chi connectivity index (χ2n) is 3.05. The normalized spacial score (nSPS) is 10.8. The van der Waals surface area contributed by atoms with Crippen molar-refractivity contribution in [2.45, 2.75) is 26.2 Å². The molecule has 3 heteroatoms. The summed E-state index contributed by atoms with van der Waals surface area (Å²) < 4.78 is 5.52. The fraction of sp³-hybridized carbons (Fsp3) is 0.400. The molecule has 0 unspecified atom stereocenters. The van der Waals surface area contributed by atoms with Gasteiger partial charge < -0.3 is 4.42 Å². The molecule has 0 aromatic carbocycles. The Bertz CT molecular complexity index is 361. The highest BCUT2D eigenvalue weighted by molar-refractivity contribution is 5.70. The van der Waals surface area contributed by atoms with E-state index in [9.17, 15) is 0 Å². The topological polar surface area (TPSA) is 38.9 Å². The second kappa shape index (κ2) is 3.56. The van der Waals surface area contributed by atoms with Crippen LogP contribution < -0.4 is 0 Å². The smallest absolute Gasteiger partial charge is 0.195 e. The summed E-state index contributed by atoms with van der Waals surface area (Å²) in [6.45, 7) is 2.16. The quantitative estimate of drug-likeness (QED) is 0.721. The minimum Gasteiger partial charge on any atom is -0.441 e. The summed E-state index contributed by atoms with van der Waals surface area (Å²) in [5.41, 5.74) is 1.69. The van der Waals surface area contributed by atoms with E-state index in [1.807, 2.05) is 6.07 Å². The first-order valence-electron chi connectivity index (χ1n) is 4.59. The fourth-order valence-electron chi connectivity index (χ4n) is 1.26. The van der Waals surface area contributed by atoms with E-state index in [2.05, 4.69) is 16.9 Å². The third-order valence-electron chi connectivity index (χ3n) is 1.98. The molecule has 2 heterocycles. The molecule has 0 aliphatic rings. The Labute approximate surface area is 76.8 Å². The van der Waals surface area contributed by atoms with Gasteiger partial charge in [-0.25, -0.2) is 4.98 Å². The molecule has 0 fully saturated rings. The standard InChI is InChI=1S/C10H12N2O/c1-2-3-4-10-12-8-7-11-6-5-9(8)13-10/h5-7H,2-4H2,1H3. The Morgan fingerprint density at radius 3 is 3.15 bits per heavy atom. The minimum atomic E-state index is 0.824. The predicted octanol–water partition coefficient (Wildman–Crippen LogP) is 2.57. The lowest BCUT2D eigenvalue weighted by Gasteiger charge is -1.89. The average molecular weight is 176 g/mol. The van der Waals surface area contributed by atoms with Gasteiger partial charge in [0, 0.05) is 18.7 Å². The molecule has 0 saturated heterocycles. The lowest BCUT2D eigenvalue weighted by Crippen LogP contribution is -1.82. The minimum absolute atomic E-state index is 0.824. The second-order valence-corrected chi connectivity index (χ2v) is 3.05. The van der Waals surface area contributed by atoms with Crippen molar-refractivity contribution >= 4 is 11.1 Å². The molecule has 68 valence electrons. The van der Waals surface area contributed by atoms with E-state index < -0.39 is 0 Å². The van der Waals surface area contributed by atoms with Crippen molar-refractivity contribution in [1.29, 1.82) is 0 Å². The molecule has 0 atom stereocenters. The summed E-state index contributed by atoms with van der Waals surface area (Å²) >= 11 is 0. The molecular formula is C10H12N2O. The van der Waals surface area contributed by atoms with Crippen LogP contribution in [-0.4, -0.2) is 9.97 Å². The zero-order valence-corrected chi connectivity index (χ0v) is 7.66. The van der Waals surface area contributed by atoms with E-state index in [1.54, 1.807) is 12.4 Å². The van der Waals surface area contributed by atoms with Crippen LogP contribution in [0.25, 0.3) is 11.1 Å². The van der Waals surface area contributed by atoms with Crippen LogP contribution in [0.5, 0.6) is 0 Å². The van der Waals surface area contributed by atoms with Crippen molar-refractivity contribution in [2.24, 2.45) is 0 Å². The Morgan fingerprint density at radius 2 is 2.38 bits per heavy atom. The number of hydrogen-bond donors (Lipinski definition) is 0. The molecule has 0 aliphatic heterocycles. The van der Waals surface area contributed by atoms with Crippen LogP contribution in [0, 0.1) is 0 Å². The summed E-state index contributed by atoms with van der Waals surface area (Å²) in [6.07, 6.45) is 6.66. The lowest BCUT2D eigenvalue weighted by molar-refractivity contribution is 0.517. The fourth-order valence-corrected chi connectivity index (χ4v) is 1.26. The van der Waals surface area contributed by atoms with E-state index in [-0.39, 0.29) is 0 Å². The molecule has 2 rings (SSSR count). The third-order valence-corrected chi connectivity index (χ3v) is 1.98. The molecule has 2 aromatic rings. The number of unbranched alkanes of at least 4 members (excludes halogenated alkanes) is 1. The van der Waals surface area contributed by atoms with Gasteiger partial charge in [0.25, 0.3) is 0 Å². The SMILES string of the molecule is CCCCc1nc2cnccc2o1. The molecule has 0 bridgehead atoms. The first kappa shape index (κ1) is 8.23. The van der Waals surface area contributed by atoms with E-state index in [0.717, 1.165) is 36.3 Å². The zero-order valence-electron chi connectivity index (χ0n) is 7.66. The lowest BCUT2D eigenvalue weighted by atomic mass is 10.2. The summed E-state index contributed by atoms with van der Waals surface area (Å²) in [6, 6.07) is 1.85. The number of nitrogens with zero attached hydrogens (tertiary/aromatic N) is 2. The molecule has 2 aromatic heterocycles. The number of oxazole rings is 1. The van der Waals surface area contributed by atoms with E-state index in [1.165, 1.54) is 0 Å². The number of aromatic nitrogens is 2. The molecular weight excluding hydrogens is 164 g/mol. The van der Waals surface area contributed by atoms with Crippen molar-refractivity contribution in [3.63, 3.8) is 0 Å². The molecule has 0 radical (unpaired) electrons. The number of fused-ring (bicyclic) bond motifs is 1. The molecule has 13 heavy (non-hydrogen) atoms.